The van der Waals surface area contributed by atoms with E-state index < -0.39 is 37.6 Å². The molecule has 0 saturated carbocycles. The maximum Gasteiger partial charge on any atom is 0.130 e. The second kappa shape index (κ2) is 16.1. The number of Topliss-reactive ketones (excluding diaryl/α,β-unsaturated/α-hetero) is 1. The Bertz CT molecular complexity index is 414. The van der Waals surface area contributed by atoms with Gasteiger partial charge in [-0.3, -0.25) is 0 Å². The van der Waals surface area contributed by atoms with Crippen LogP contribution in [0.4, 0.5) is 0 Å². The van der Waals surface area contributed by atoms with E-state index in [2.05, 4.69) is 32.9 Å². The molecule has 0 aliphatic carbocycles. The van der Waals surface area contributed by atoms with E-state index in [4.69, 9.17) is 30.6 Å². The third-order valence-corrected chi connectivity index (χ3v) is 3.59. The molecule has 0 unspecified atom stereocenters. The fraction of sp³-hybridized carbons (Fsp3) is 0.737. The Balaban J connectivity index is 0. The molecule has 0 fully saturated rings. The van der Waals surface area contributed by atoms with Gasteiger partial charge in [0.05, 0.1) is 13.2 Å². The van der Waals surface area contributed by atoms with Crippen LogP contribution in [0.2, 0.25) is 0 Å². The van der Waals surface area contributed by atoms with E-state index in [1.54, 1.807) is 6.92 Å². The van der Waals surface area contributed by atoms with Crippen LogP contribution in [-0.2, 0) is 4.79 Å². The number of aliphatic hydroxyl groups is 6. The van der Waals surface area contributed by atoms with Gasteiger partial charge in [0.2, 0.25) is 0 Å². The average Bonchev–Trinajstić information content (AvgIpc) is 2.58. The number of carbonyl (C=O) groups excluding carboxylic acids is 1. The molecule has 0 aromatic heterocycles. The zero-order valence-electron chi connectivity index (χ0n) is 16.3. The Kier molecular flexibility index (Phi) is 16.8. The van der Waals surface area contributed by atoms with Crippen molar-refractivity contribution in [3.63, 3.8) is 0 Å². The lowest BCUT2D eigenvalue weighted by atomic mass is 10.0. The highest BCUT2D eigenvalue weighted by Gasteiger charge is 2.29. The summed E-state index contributed by atoms with van der Waals surface area (Å²) in [7, 11) is 0. The van der Waals surface area contributed by atoms with Crippen LogP contribution in [-0.4, -0.2) is 74.1 Å². The maximum atomic E-state index is 10.7. The summed E-state index contributed by atoms with van der Waals surface area (Å²) >= 11 is 0. The lowest BCUT2D eigenvalue weighted by Crippen LogP contribution is -2.46. The first-order valence-corrected chi connectivity index (χ1v) is 8.79. The van der Waals surface area contributed by atoms with Gasteiger partial charge in [-0.25, -0.2) is 0 Å². The molecule has 7 nitrogen and oxygen atoms in total. The number of carbonyl (C=O) groups is 1. The molecule has 26 heavy (non-hydrogen) atoms. The van der Waals surface area contributed by atoms with Crippen LogP contribution in [0.3, 0.4) is 0 Å². The SMILES string of the molecule is CC(=O)CC/C=C(\C)CCC=C(C)C.OC[C@@H](O)[C@@H](O)[C@H](O)[C@@H](O)CO. The summed E-state index contributed by atoms with van der Waals surface area (Å²) in [5, 5.41) is 52.2. The van der Waals surface area contributed by atoms with Gasteiger partial charge in [-0.2, -0.15) is 0 Å². The van der Waals surface area contributed by atoms with Crippen molar-refractivity contribution in [2.75, 3.05) is 13.2 Å². The van der Waals surface area contributed by atoms with Gasteiger partial charge < -0.3 is 35.4 Å². The summed E-state index contributed by atoms with van der Waals surface area (Å²) < 4.78 is 0. The summed E-state index contributed by atoms with van der Waals surface area (Å²) in [6.45, 7) is 6.57. The third kappa shape index (κ3) is 15.2. The molecule has 0 aliphatic rings. The number of hydrogen-bond donors (Lipinski definition) is 6. The number of rotatable bonds is 11. The highest BCUT2D eigenvalue weighted by atomic mass is 16.4. The fourth-order valence-electron chi connectivity index (χ4n) is 1.88. The summed E-state index contributed by atoms with van der Waals surface area (Å²) in [5.74, 6) is 0.276. The molecule has 0 rings (SSSR count). The minimum atomic E-state index is -1.67. The average molecular weight is 376 g/mol. The number of ketones is 1. The first-order valence-electron chi connectivity index (χ1n) is 8.79. The van der Waals surface area contributed by atoms with Gasteiger partial charge in [0.1, 0.15) is 30.2 Å². The van der Waals surface area contributed by atoms with Gasteiger partial charge in [-0.15, -0.1) is 0 Å². The monoisotopic (exact) mass is 376 g/mol. The molecular weight excluding hydrogens is 340 g/mol. The molecule has 7 heteroatoms. The van der Waals surface area contributed by atoms with Crippen molar-refractivity contribution in [3.05, 3.63) is 23.3 Å². The summed E-state index contributed by atoms with van der Waals surface area (Å²) in [5.41, 5.74) is 2.77. The lowest BCUT2D eigenvalue weighted by Gasteiger charge is -2.24. The summed E-state index contributed by atoms with van der Waals surface area (Å²) in [4.78, 5) is 10.7. The second-order valence-corrected chi connectivity index (χ2v) is 6.59. The van der Waals surface area contributed by atoms with Gasteiger partial charge in [-0.05, 0) is 47.0 Å². The summed E-state index contributed by atoms with van der Waals surface area (Å²) in [6, 6.07) is 0. The Morgan fingerprint density at radius 3 is 1.54 bits per heavy atom. The van der Waals surface area contributed by atoms with E-state index in [9.17, 15) is 4.79 Å². The van der Waals surface area contributed by atoms with Gasteiger partial charge in [0.15, 0.2) is 0 Å². The van der Waals surface area contributed by atoms with Gasteiger partial charge in [0.25, 0.3) is 0 Å². The Hall–Kier alpha value is -1.09. The van der Waals surface area contributed by atoms with Crippen molar-refractivity contribution in [1.29, 1.82) is 0 Å². The number of hydrogen-bond acceptors (Lipinski definition) is 7. The van der Waals surface area contributed by atoms with E-state index in [1.165, 1.54) is 11.1 Å². The molecule has 0 radical (unpaired) electrons. The van der Waals surface area contributed by atoms with E-state index in [0.29, 0.717) is 6.42 Å². The van der Waals surface area contributed by atoms with Crippen LogP contribution >= 0.6 is 0 Å². The van der Waals surface area contributed by atoms with Crippen molar-refractivity contribution >= 4 is 5.78 Å². The minimum absolute atomic E-state index is 0.276. The first-order chi connectivity index (χ1) is 12.1. The van der Waals surface area contributed by atoms with Crippen LogP contribution in [0.25, 0.3) is 0 Å². The lowest BCUT2D eigenvalue weighted by molar-refractivity contribution is -0.123. The third-order valence-electron chi connectivity index (χ3n) is 3.59. The molecule has 0 amide bonds. The molecule has 0 aromatic carbocycles. The largest absolute Gasteiger partial charge is 0.394 e. The van der Waals surface area contributed by atoms with Crippen molar-refractivity contribution in [2.24, 2.45) is 0 Å². The van der Waals surface area contributed by atoms with E-state index in [-0.39, 0.29) is 5.78 Å². The van der Waals surface area contributed by atoms with Crippen LogP contribution < -0.4 is 0 Å². The molecule has 0 spiro atoms. The number of allylic oxidation sites excluding steroid dienone is 4. The van der Waals surface area contributed by atoms with E-state index in [0.717, 1.165) is 19.3 Å². The maximum absolute atomic E-state index is 10.7. The van der Waals surface area contributed by atoms with Crippen LogP contribution in [0.1, 0.15) is 53.4 Å². The molecule has 0 aliphatic heterocycles. The zero-order valence-corrected chi connectivity index (χ0v) is 16.3. The van der Waals surface area contributed by atoms with Crippen molar-refractivity contribution in [2.45, 2.75) is 77.8 Å². The molecule has 4 atom stereocenters. The zero-order chi connectivity index (χ0) is 20.7. The Morgan fingerprint density at radius 2 is 1.19 bits per heavy atom. The highest BCUT2D eigenvalue weighted by molar-refractivity contribution is 5.75. The molecule has 0 saturated heterocycles. The Morgan fingerprint density at radius 1 is 0.769 bits per heavy atom. The molecule has 154 valence electrons. The standard InChI is InChI=1S/C13H22O.C6H14O6/c1-11(2)7-5-8-12(3)9-6-10-13(4)14;7-1-3(9)5(11)6(12)4(10)2-8/h7,9H,5-6,8,10H2,1-4H3;3-12H,1-2H2/b12-9+;/t;3-,4+,5-,6-/m.1/s1. The normalized spacial score (nSPS) is 16.0. The molecule has 0 bridgehead atoms. The van der Waals surface area contributed by atoms with Crippen LogP contribution in [0, 0.1) is 0 Å². The summed E-state index contributed by atoms with van der Waals surface area (Å²) in [6.07, 6.45) is 1.85. The molecule has 0 aromatic rings. The topological polar surface area (TPSA) is 138 Å². The van der Waals surface area contributed by atoms with Crippen LogP contribution in [0.15, 0.2) is 23.3 Å². The molecular formula is C19H36O7. The number of aliphatic hydroxyl groups excluding tert-OH is 6. The van der Waals surface area contributed by atoms with Gasteiger partial charge in [0, 0.05) is 6.42 Å². The van der Waals surface area contributed by atoms with E-state index in [1.807, 2.05) is 0 Å². The van der Waals surface area contributed by atoms with Crippen molar-refractivity contribution in [1.82, 2.24) is 0 Å². The first kappa shape index (κ1) is 27.1. The van der Waals surface area contributed by atoms with Crippen molar-refractivity contribution < 1.29 is 35.4 Å². The molecule has 6 N–H and O–H groups in total. The van der Waals surface area contributed by atoms with Crippen LogP contribution in [0.5, 0.6) is 0 Å². The van der Waals surface area contributed by atoms with Gasteiger partial charge in [-0.1, -0.05) is 23.3 Å². The van der Waals surface area contributed by atoms with Crippen molar-refractivity contribution in [3.8, 4) is 0 Å². The van der Waals surface area contributed by atoms with E-state index >= 15 is 0 Å². The minimum Gasteiger partial charge on any atom is -0.394 e. The predicted octanol–water partition coefficient (Wildman–Crippen LogP) is 0.463. The predicted molar refractivity (Wildman–Crippen MR) is 101 cm³/mol. The smallest absolute Gasteiger partial charge is 0.130 e. The highest BCUT2D eigenvalue weighted by Crippen LogP contribution is 2.08. The fourth-order valence-corrected chi connectivity index (χ4v) is 1.88. The quantitative estimate of drug-likeness (QED) is 0.288. The van der Waals surface area contributed by atoms with Gasteiger partial charge >= 0.3 is 0 Å². The Labute approximate surface area is 156 Å². The molecule has 0 heterocycles. The second-order valence-electron chi connectivity index (χ2n) is 6.59.